The second-order valence-electron chi connectivity index (χ2n) is 4.75. The maximum Gasteiger partial charge on any atom is 0.266 e. The molecule has 2 heterocycles. The number of carbonyl (C=O) groups excluding carboxylic acids is 1. The van der Waals surface area contributed by atoms with Crippen LogP contribution in [0, 0.1) is 0 Å². The number of nitrogens with zero attached hydrogens (tertiary/aromatic N) is 1. The highest BCUT2D eigenvalue weighted by atomic mass is 35.5. The molecule has 3 aromatic rings. The quantitative estimate of drug-likeness (QED) is 0.747. The van der Waals surface area contributed by atoms with E-state index in [4.69, 9.17) is 11.6 Å². The molecule has 8 heteroatoms. The summed E-state index contributed by atoms with van der Waals surface area (Å²) < 4.78 is 25.1. The Morgan fingerprint density at radius 1 is 1.04 bits per heavy atom. The number of halogens is 1. The lowest BCUT2D eigenvalue weighted by Crippen LogP contribution is -2.11. The van der Waals surface area contributed by atoms with Crippen LogP contribution in [0.4, 0.5) is 5.82 Å². The van der Waals surface area contributed by atoms with E-state index in [2.05, 4.69) is 10.3 Å². The van der Waals surface area contributed by atoms with Gasteiger partial charge in [0.2, 0.25) is 9.84 Å². The third kappa shape index (κ3) is 3.48. The number of carbonyl (C=O) groups is 1. The Balaban J connectivity index is 1.82. The van der Waals surface area contributed by atoms with Gasteiger partial charge in [-0.1, -0.05) is 29.8 Å². The molecule has 1 aromatic carbocycles. The van der Waals surface area contributed by atoms with Gasteiger partial charge >= 0.3 is 0 Å². The van der Waals surface area contributed by atoms with Crippen molar-refractivity contribution in [2.75, 3.05) is 5.32 Å². The molecule has 0 atom stereocenters. The van der Waals surface area contributed by atoms with Gasteiger partial charge in [-0.25, -0.2) is 13.4 Å². The van der Waals surface area contributed by atoms with E-state index in [1.807, 2.05) is 0 Å². The monoisotopic (exact) mass is 378 g/mol. The van der Waals surface area contributed by atoms with Gasteiger partial charge in [0.1, 0.15) is 10.0 Å². The second kappa shape index (κ2) is 6.72. The SMILES string of the molecule is O=C(Nc1ccc(Cl)cn1)c1ccc(S(=O)(=O)c2ccccc2)s1. The van der Waals surface area contributed by atoms with Crippen LogP contribution in [0.1, 0.15) is 9.67 Å². The van der Waals surface area contributed by atoms with Crippen LogP contribution in [0.25, 0.3) is 0 Å². The number of aromatic nitrogens is 1. The number of nitrogens with one attached hydrogen (secondary N) is 1. The molecule has 0 radical (unpaired) electrons. The molecular weight excluding hydrogens is 368 g/mol. The predicted molar refractivity (Wildman–Crippen MR) is 93.4 cm³/mol. The van der Waals surface area contributed by atoms with Gasteiger partial charge in [0.15, 0.2) is 0 Å². The molecule has 2 aromatic heterocycles. The first-order valence-corrected chi connectivity index (χ1v) is 9.47. The van der Waals surface area contributed by atoms with Crippen molar-refractivity contribution < 1.29 is 13.2 Å². The molecule has 0 aliphatic heterocycles. The van der Waals surface area contributed by atoms with Gasteiger partial charge in [0.05, 0.1) is 14.8 Å². The summed E-state index contributed by atoms with van der Waals surface area (Å²) in [5.74, 6) is -0.0883. The number of rotatable bonds is 4. The topological polar surface area (TPSA) is 76.1 Å². The number of sulfone groups is 1. The average Bonchev–Trinajstić information content (AvgIpc) is 3.09. The first-order chi connectivity index (χ1) is 11.5. The molecule has 24 heavy (non-hydrogen) atoms. The standard InChI is InChI=1S/C16H11ClN2O3S2/c17-11-6-8-14(18-10-11)19-16(20)13-7-9-15(23-13)24(21,22)12-4-2-1-3-5-12/h1-10H,(H,18,19,20). The summed E-state index contributed by atoms with van der Waals surface area (Å²) in [6.45, 7) is 0. The van der Waals surface area contributed by atoms with Crippen molar-refractivity contribution >= 4 is 44.5 Å². The average molecular weight is 379 g/mol. The van der Waals surface area contributed by atoms with E-state index < -0.39 is 15.7 Å². The van der Waals surface area contributed by atoms with Crippen molar-refractivity contribution in [3.63, 3.8) is 0 Å². The molecule has 0 aliphatic carbocycles. The van der Waals surface area contributed by atoms with E-state index in [9.17, 15) is 13.2 Å². The number of benzene rings is 1. The van der Waals surface area contributed by atoms with Crippen LogP contribution in [0.5, 0.6) is 0 Å². The lowest BCUT2D eigenvalue weighted by molar-refractivity contribution is 0.103. The lowest BCUT2D eigenvalue weighted by atomic mass is 10.4. The summed E-state index contributed by atoms with van der Waals surface area (Å²) in [4.78, 5) is 16.6. The molecule has 0 saturated heterocycles. The minimum Gasteiger partial charge on any atom is -0.306 e. The van der Waals surface area contributed by atoms with E-state index in [1.165, 1.54) is 30.5 Å². The van der Waals surface area contributed by atoms with E-state index >= 15 is 0 Å². The van der Waals surface area contributed by atoms with Crippen molar-refractivity contribution in [2.24, 2.45) is 0 Å². The molecule has 0 bridgehead atoms. The van der Waals surface area contributed by atoms with Crippen LogP contribution in [0.2, 0.25) is 5.02 Å². The van der Waals surface area contributed by atoms with Gasteiger partial charge < -0.3 is 5.32 Å². The molecule has 0 fully saturated rings. The van der Waals surface area contributed by atoms with E-state index in [1.54, 1.807) is 30.3 Å². The third-order valence-electron chi connectivity index (χ3n) is 3.09. The molecule has 0 spiro atoms. The molecule has 1 amide bonds. The molecule has 0 saturated carbocycles. The molecule has 1 N–H and O–H groups in total. The highest BCUT2D eigenvalue weighted by Gasteiger charge is 2.21. The van der Waals surface area contributed by atoms with E-state index in [0.717, 1.165) is 11.3 Å². The zero-order chi connectivity index (χ0) is 17.2. The summed E-state index contributed by atoms with van der Waals surface area (Å²) in [5, 5.41) is 3.06. The molecule has 5 nitrogen and oxygen atoms in total. The lowest BCUT2D eigenvalue weighted by Gasteiger charge is -2.02. The fourth-order valence-corrected chi connectivity index (χ4v) is 4.67. The van der Waals surface area contributed by atoms with E-state index in [0.29, 0.717) is 10.8 Å². The maximum atomic E-state index is 12.5. The molecule has 3 rings (SSSR count). The van der Waals surface area contributed by atoms with Gasteiger partial charge in [-0.3, -0.25) is 4.79 Å². The third-order valence-corrected chi connectivity index (χ3v) is 6.66. The minimum atomic E-state index is -3.62. The van der Waals surface area contributed by atoms with Gasteiger partial charge in [-0.2, -0.15) is 0 Å². The van der Waals surface area contributed by atoms with Crippen molar-refractivity contribution in [2.45, 2.75) is 9.10 Å². The summed E-state index contributed by atoms with van der Waals surface area (Å²) in [6.07, 6.45) is 1.41. The van der Waals surface area contributed by atoms with Crippen LogP contribution in [0.15, 0.2) is 69.9 Å². The van der Waals surface area contributed by atoms with Gasteiger partial charge in [0.25, 0.3) is 5.91 Å². The summed E-state index contributed by atoms with van der Waals surface area (Å²) in [7, 11) is -3.62. The van der Waals surface area contributed by atoms with E-state index in [-0.39, 0.29) is 14.0 Å². The van der Waals surface area contributed by atoms with Gasteiger partial charge in [-0.15, -0.1) is 11.3 Å². The van der Waals surface area contributed by atoms with Crippen molar-refractivity contribution in [3.05, 3.63) is 70.7 Å². The number of hydrogen-bond donors (Lipinski definition) is 1. The molecular formula is C16H11ClN2O3S2. The second-order valence-corrected chi connectivity index (χ2v) is 8.45. The van der Waals surface area contributed by atoms with Crippen LogP contribution in [-0.4, -0.2) is 19.3 Å². The Hall–Kier alpha value is -2.22. The molecule has 0 unspecified atom stereocenters. The Bertz CT molecular complexity index is 968. The minimum absolute atomic E-state index is 0.114. The summed E-state index contributed by atoms with van der Waals surface area (Å²) >= 11 is 6.65. The molecule has 0 aliphatic rings. The molecule has 122 valence electrons. The van der Waals surface area contributed by atoms with Crippen molar-refractivity contribution in [1.82, 2.24) is 4.98 Å². The Morgan fingerprint density at radius 3 is 2.46 bits per heavy atom. The van der Waals surface area contributed by atoms with Gasteiger partial charge in [-0.05, 0) is 36.4 Å². The first kappa shape index (κ1) is 16.6. The summed E-state index contributed by atoms with van der Waals surface area (Å²) in [5.41, 5.74) is 0. The van der Waals surface area contributed by atoms with Gasteiger partial charge in [0, 0.05) is 6.20 Å². The zero-order valence-electron chi connectivity index (χ0n) is 12.1. The fraction of sp³-hybridized carbons (Fsp3) is 0. The number of amides is 1. The fourth-order valence-electron chi connectivity index (χ4n) is 1.93. The van der Waals surface area contributed by atoms with Crippen LogP contribution in [0.3, 0.4) is 0 Å². The van der Waals surface area contributed by atoms with Crippen LogP contribution in [-0.2, 0) is 9.84 Å². The maximum absolute atomic E-state index is 12.5. The van der Waals surface area contributed by atoms with Crippen molar-refractivity contribution in [1.29, 1.82) is 0 Å². The largest absolute Gasteiger partial charge is 0.306 e. The Kier molecular flexibility index (Phi) is 4.66. The highest BCUT2D eigenvalue weighted by Crippen LogP contribution is 2.28. The number of thiophene rings is 1. The number of pyridine rings is 1. The number of hydrogen-bond acceptors (Lipinski definition) is 5. The predicted octanol–water partition coefficient (Wildman–Crippen LogP) is 3.88. The normalized spacial score (nSPS) is 11.2. The zero-order valence-corrected chi connectivity index (χ0v) is 14.5. The number of anilines is 1. The highest BCUT2D eigenvalue weighted by molar-refractivity contribution is 7.93. The summed E-state index contributed by atoms with van der Waals surface area (Å²) in [6, 6.07) is 14.2. The smallest absolute Gasteiger partial charge is 0.266 e. The Morgan fingerprint density at radius 2 is 1.79 bits per heavy atom. The Labute approximate surface area is 147 Å². The van der Waals surface area contributed by atoms with Crippen LogP contribution >= 0.6 is 22.9 Å². The first-order valence-electron chi connectivity index (χ1n) is 6.80. The van der Waals surface area contributed by atoms with Crippen LogP contribution < -0.4 is 5.32 Å². The van der Waals surface area contributed by atoms with Crippen molar-refractivity contribution in [3.8, 4) is 0 Å².